The van der Waals surface area contributed by atoms with E-state index in [9.17, 15) is 14.7 Å². The summed E-state index contributed by atoms with van der Waals surface area (Å²) in [5.74, 6) is -0.313. The van der Waals surface area contributed by atoms with Gasteiger partial charge in [0.25, 0.3) is 5.91 Å². The number of pyridine rings is 1. The second-order valence-corrected chi connectivity index (χ2v) is 5.36. The predicted molar refractivity (Wildman–Crippen MR) is 83.8 cm³/mol. The number of benzene rings is 1. The molecule has 124 valence electrons. The third-order valence-electron chi connectivity index (χ3n) is 3.89. The Labute approximate surface area is 138 Å². The van der Waals surface area contributed by atoms with Crippen molar-refractivity contribution in [2.75, 3.05) is 14.2 Å². The van der Waals surface area contributed by atoms with Crippen LogP contribution in [0.1, 0.15) is 32.0 Å². The molecule has 1 aliphatic heterocycles. The van der Waals surface area contributed by atoms with Crippen molar-refractivity contribution >= 4 is 11.9 Å². The van der Waals surface area contributed by atoms with Crippen molar-refractivity contribution in [1.29, 1.82) is 0 Å². The van der Waals surface area contributed by atoms with E-state index >= 15 is 0 Å². The Morgan fingerprint density at radius 3 is 2.83 bits per heavy atom. The van der Waals surface area contributed by atoms with Gasteiger partial charge in [0.2, 0.25) is 0 Å². The minimum atomic E-state index is -0.603. The molecule has 0 atom stereocenters. The monoisotopic (exact) mass is 328 g/mol. The van der Waals surface area contributed by atoms with Crippen LogP contribution >= 0.6 is 0 Å². The van der Waals surface area contributed by atoms with E-state index < -0.39 is 5.97 Å². The van der Waals surface area contributed by atoms with Crippen LogP contribution in [0.2, 0.25) is 0 Å². The van der Waals surface area contributed by atoms with Gasteiger partial charge in [0, 0.05) is 23.4 Å². The maximum Gasteiger partial charge on any atom is 0.338 e. The standard InChI is InChI=1S/C17H16N2O5/c1-23-12-3-4-18-11(7-12)8-19-9-14-13(16(19)21)5-10(6-15(14)20)17(22)24-2/h3-7,20H,8-9H2,1-2H3. The zero-order valence-corrected chi connectivity index (χ0v) is 13.3. The number of amides is 1. The van der Waals surface area contributed by atoms with Crippen LogP contribution in [0.25, 0.3) is 0 Å². The second-order valence-electron chi connectivity index (χ2n) is 5.36. The number of esters is 1. The first-order valence-corrected chi connectivity index (χ1v) is 7.26. The summed E-state index contributed by atoms with van der Waals surface area (Å²) in [7, 11) is 2.80. The van der Waals surface area contributed by atoms with Crippen molar-refractivity contribution in [1.82, 2.24) is 9.88 Å². The van der Waals surface area contributed by atoms with Gasteiger partial charge < -0.3 is 19.5 Å². The van der Waals surface area contributed by atoms with Crippen LogP contribution in [-0.2, 0) is 17.8 Å². The molecule has 1 amide bonds. The van der Waals surface area contributed by atoms with Crippen LogP contribution in [-0.4, -0.2) is 41.1 Å². The van der Waals surface area contributed by atoms with Crippen LogP contribution < -0.4 is 4.74 Å². The summed E-state index contributed by atoms with van der Waals surface area (Å²) in [6.07, 6.45) is 1.61. The number of phenols is 1. The third kappa shape index (κ3) is 2.76. The van der Waals surface area contributed by atoms with Crippen molar-refractivity contribution in [3.8, 4) is 11.5 Å². The summed E-state index contributed by atoms with van der Waals surface area (Å²) < 4.78 is 9.78. The summed E-state index contributed by atoms with van der Waals surface area (Å²) in [6, 6.07) is 6.22. The van der Waals surface area contributed by atoms with Gasteiger partial charge in [-0.3, -0.25) is 9.78 Å². The van der Waals surface area contributed by atoms with E-state index in [-0.39, 0.29) is 30.3 Å². The molecule has 0 saturated carbocycles. The lowest BCUT2D eigenvalue weighted by atomic mass is 10.0. The van der Waals surface area contributed by atoms with Crippen molar-refractivity contribution in [2.24, 2.45) is 0 Å². The largest absolute Gasteiger partial charge is 0.508 e. The summed E-state index contributed by atoms with van der Waals surface area (Å²) in [5, 5.41) is 10.1. The lowest BCUT2D eigenvalue weighted by Gasteiger charge is -2.15. The molecule has 1 aromatic heterocycles. The summed E-state index contributed by atoms with van der Waals surface area (Å²) in [5.41, 5.74) is 1.61. The molecule has 7 heteroatoms. The van der Waals surface area contributed by atoms with E-state index in [1.807, 2.05) is 0 Å². The molecule has 1 aromatic carbocycles. The van der Waals surface area contributed by atoms with Gasteiger partial charge in [0.05, 0.1) is 38.6 Å². The molecule has 0 radical (unpaired) electrons. The van der Waals surface area contributed by atoms with Crippen LogP contribution in [0.5, 0.6) is 11.5 Å². The molecule has 0 aliphatic carbocycles. The average molecular weight is 328 g/mol. The van der Waals surface area contributed by atoms with Crippen molar-refractivity contribution in [3.63, 3.8) is 0 Å². The smallest absolute Gasteiger partial charge is 0.338 e. The molecule has 0 spiro atoms. The van der Waals surface area contributed by atoms with Crippen molar-refractivity contribution < 1.29 is 24.2 Å². The number of aromatic hydroxyl groups is 1. The fraction of sp³-hybridized carbons (Fsp3) is 0.235. The predicted octanol–water partition coefficient (Wildman–Crippen LogP) is 1.74. The van der Waals surface area contributed by atoms with Crippen LogP contribution in [0.3, 0.4) is 0 Å². The van der Waals surface area contributed by atoms with Gasteiger partial charge >= 0.3 is 5.97 Å². The van der Waals surface area contributed by atoms with E-state index in [1.165, 1.54) is 19.2 Å². The number of carbonyl (C=O) groups is 2. The number of carbonyl (C=O) groups excluding carboxylic acids is 2. The van der Waals surface area contributed by atoms with E-state index in [0.717, 1.165) is 0 Å². The zero-order chi connectivity index (χ0) is 17.3. The summed E-state index contributed by atoms with van der Waals surface area (Å²) >= 11 is 0. The van der Waals surface area contributed by atoms with E-state index in [0.29, 0.717) is 22.6 Å². The average Bonchev–Trinajstić information content (AvgIpc) is 2.91. The molecule has 0 bridgehead atoms. The molecule has 0 fully saturated rings. The van der Waals surface area contributed by atoms with Crippen molar-refractivity contribution in [2.45, 2.75) is 13.1 Å². The number of hydrogen-bond acceptors (Lipinski definition) is 6. The first-order chi connectivity index (χ1) is 11.5. The molecule has 2 heterocycles. The van der Waals surface area contributed by atoms with Crippen molar-refractivity contribution in [3.05, 3.63) is 52.8 Å². The molecule has 2 aromatic rings. The number of aromatic nitrogens is 1. The van der Waals surface area contributed by atoms with E-state index in [1.54, 1.807) is 30.3 Å². The lowest BCUT2D eigenvalue weighted by molar-refractivity contribution is 0.0600. The Kier molecular flexibility index (Phi) is 4.07. The fourth-order valence-corrected chi connectivity index (χ4v) is 2.68. The number of ether oxygens (including phenoxy) is 2. The molecular formula is C17H16N2O5. The summed E-state index contributed by atoms with van der Waals surface area (Å²) in [4.78, 5) is 30.0. The molecule has 7 nitrogen and oxygen atoms in total. The maximum absolute atomic E-state index is 12.6. The first-order valence-electron chi connectivity index (χ1n) is 7.26. The highest BCUT2D eigenvalue weighted by Crippen LogP contribution is 2.32. The SMILES string of the molecule is COC(=O)c1cc(O)c2c(c1)C(=O)N(Cc1cc(OC)ccn1)C2. The fourth-order valence-electron chi connectivity index (χ4n) is 2.68. The number of hydrogen-bond donors (Lipinski definition) is 1. The van der Waals surface area contributed by atoms with Gasteiger partial charge in [-0.25, -0.2) is 4.79 Å². The topological polar surface area (TPSA) is 89.0 Å². The number of fused-ring (bicyclic) bond motifs is 1. The van der Waals surface area contributed by atoms with E-state index in [4.69, 9.17) is 4.74 Å². The lowest BCUT2D eigenvalue weighted by Crippen LogP contribution is -2.23. The highest BCUT2D eigenvalue weighted by Gasteiger charge is 2.31. The van der Waals surface area contributed by atoms with Gasteiger partial charge in [-0.1, -0.05) is 0 Å². The Morgan fingerprint density at radius 2 is 2.12 bits per heavy atom. The molecule has 0 saturated heterocycles. The van der Waals surface area contributed by atoms with Gasteiger partial charge in [-0.15, -0.1) is 0 Å². The zero-order valence-electron chi connectivity index (χ0n) is 13.3. The van der Waals surface area contributed by atoms with Crippen LogP contribution in [0.15, 0.2) is 30.5 Å². The Morgan fingerprint density at radius 1 is 1.33 bits per heavy atom. The number of methoxy groups -OCH3 is 2. The quantitative estimate of drug-likeness (QED) is 0.860. The molecule has 0 unspecified atom stereocenters. The Bertz CT molecular complexity index is 819. The van der Waals surface area contributed by atoms with Crippen LogP contribution in [0, 0.1) is 0 Å². The van der Waals surface area contributed by atoms with Crippen LogP contribution in [0.4, 0.5) is 0 Å². The van der Waals surface area contributed by atoms with Gasteiger partial charge in [0.1, 0.15) is 11.5 Å². The molecule has 24 heavy (non-hydrogen) atoms. The number of nitrogens with zero attached hydrogens (tertiary/aromatic N) is 2. The van der Waals surface area contributed by atoms with Gasteiger partial charge in [-0.05, 0) is 18.2 Å². The minimum absolute atomic E-state index is 0.0950. The minimum Gasteiger partial charge on any atom is -0.508 e. The third-order valence-corrected chi connectivity index (χ3v) is 3.89. The summed E-state index contributed by atoms with van der Waals surface area (Å²) in [6.45, 7) is 0.526. The Hall–Kier alpha value is -3.09. The normalized spacial score (nSPS) is 12.9. The molecule has 1 N–H and O–H groups in total. The highest BCUT2D eigenvalue weighted by molar-refractivity contribution is 6.02. The Balaban J connectivity index is 1.87. The molecule has 3 rings (SSSR count). The molecular weight excluding hydrogens is 312 g/mol. The number of phenolic OH excluding ortho intramolecular Hbond substituents is 1. The second kappa shape index (κ2) is 6.19. The first kappa shape index (κ1) is 15.8. The van der Waals surface area contributed by atoms with Gasteiger partial charge in [0.15, 0.2) is 0 Å². The highest BCUT2D eigenvalue weighted by atomic mass is 16.5. The van der Waals surface area contributed by atoms with E-state index in [2.05, 4.69) is 9.72 Å². The maximum atomic E-state index is 12.6. The number of rotatable bonds is 4. The molecule has 1 aliphatic rings. The van der Waals surface area contributed by atoms with Gasteiger partial charge in [-0.2, -0.15) is 0 Å².